The van der Waals surface area contributed by atoms with E-state index in [4.69, 9.17) is 18.8 Å². The molecule has 38 heavy (non-hydrogen) atoms. The summed E-state index contributed by atoms with van der Waals surface area (Å²) < 4.78 is 87.5. The van der Waals surface area contributed by atoms with Crippen molar-refractivity contribution in [2.45, 2.75) is 51.7 Å². The number of hydrogen-bond acceptors (Lipinski definition) is 5. The number of benzene rings is 3. The first-order chi connectivity index (χ1) is 18.0. The molecule has 0 bridgehead atoms. The molecule has 204 valence electrons. The van der Waals surface area contributed by atoms with Crippen LogP contribution in [0.15, 0.2) is 93.5 Å². The molecular weight excluding hydrogens is 541 g/mol. The van der Waals surface area contributed by atoms with E-state index in [1.807, 2.05) is 73.7 Å². The van der Waals surface area contributed by atoms with E-state index in [2.05, 4.69) is 0 Å². The molecule has 1 fully saturated rings. The summed E-state index contributed by atoms with van der Waals surface area (Å²) in [4.78, 5) is 3.10. The summed E-state index contributed by atoms with van der Waals surface area (Å²) in [7, 11) is -6.33. The van der Waals surface area contributed by atoms with Crippen molar-refractivity contribution >= 4 is 21.0 Å². The van der Waals surface area contributed by atoms with Gasteiger partial charge in [0.15, 0.2) is 26.6 Å². The topological polar surface area (TPSA) is 82.1 Å². The van der Waals surface area contributed by atoms with Crippen LogP contribution in [0.2, 0.25) is 0 Å². The Labute approximate surface area is 222 Å². The second-order valence-electron chi connectivity index (χ2n) is 8.75. The third-order valence-electron chi connectivity index (χ3n) is 6.05. The van der Waals surface area contributed by atoms with E-state index < -0.39 is 51.3 Å². The van der Waals surface area contributed by atoms with Crippen molar-refractivity contribution in [3.8, 4) is 5.75 Å². The average Bonchev–Trinajstić information content (AvgIpc) is 2.90. The fourth-order valence-corrected chi connectivity index (χ4v) is 6.44. The van der Waals surface area contributed by atoms with Crippen LogP contribution in [0.4, 0.5) is 13.2 Å². The summed E-state index contributed by atoms with van der Waals surface area (Å²) in [6.07, 6.45) is -3.16. The van der Waals surface area contributed by atoms with Crippen molar-refractivity contribution < 1.29 is 40.4 Å². The fraction of sp³-hybridized carbons (Fsp3) is 0.333. The van der Waals surface area contributed by atoms with Gasteiger partial charge in [0, 0.05) is 12.0 Å². The predicted molar refractivity (Wildman–Crippen MR) is 137 cm³/mol. The van der Waals surface area contributed by atoms with Crippen molar-refractivity contribution in [1.29, 1.82) is 0 Å². The molecule has 0 aliphatic carbocycles. The van der Waals surface area contributed by atoms with Gasteiger partial charge in [-0.05, 0) is 74.0 Å². The van der Waals surface area contributed by atoms with Crippen molar-refractivity contribution in [2.75, 3.05) is 19.8 Å². The number of alkyl halides is 3. The summed E-state index contributed by atoms with van der Waals surface area (Å²) in [6.45, 7) is 2.68. The molecule has 0 aromatic heterocycles. The third-order valence-corrected chi connectivity index (χ3v) is 9.22. The van der Waals surface area contributed by atoms with Crippen LogP contribution in [0, 0.1) is 0 Å². The van der Waals surface area contributed by atoms with Gasteiger partial charge in [0.05, 0.1) is 30.7 Å². The van der Waals surface area contributed by atoms with Gasteiger partial charge in [0.25, 0.3) is 0 Å². The Bertz CT molecular complexity index is 1300. The van der Waals surface area contributed by atoms with Crippen molar-refractivity contribution in [2.24, 2.45) is 0 Å². The lowest BCUT2D eigenvalue weighted by atomic mass is 10.1. The third kappa shape index (κ3) is 6.35. The van der Waals surface area contributed by atoms with Crippen molar-refractivity contribution in [1.82, 2.24) is 0 Å². The van der Waals surface area contributed by atoms with Gasteiger partial charge < -0.3 is 14.2 Å². The normalized spacial score (nSPS) is 17.5. The summed E-state index contributed by atoms with van der Waals surface area (Å²) in [6, 6.07) is 25.0. The molecule has 0 amide bonds. The van der Waals surface area contributed by atoms with E-state index in [0.29, 0.717) is 19.0 Å². The smallest absolute Gasteiger partial charge is 0.400 e. The summed E-state index contributed by atoms with van der Waals surface area (Å²) in [5, 5.41) is -4.90. The molecule has 1 aliphatic heterocycles. The Morgan fingerprint density at radius 3 is 2.03 bits per heavy atom. The van der Waals surface area contributed by atoms with Gasteiger partial charge in [-0.25, -0.2) is 4.39 Å². The lowest BCUT2D eigenvalue weighted by Gasteiger charge is -2.34. The van der Waals surface area contributed by atoms with E-state index in [1.165, 1.54) is 0 Å². The molecule has 1 heterocycles. The highest BCUT2D eigenvalue weighted by Crippen LogP contribution is 2.35. The van der Waals surface area contributed by atoms with Gasteiger partial charge in [-0.2, -0.15) is 17.2 Å². The second kappa shape index (κ2) is 11.7. The van der Waals surface area contributed by atoms with Gasteiger partial charge in [-0.15, -0.1) is 0 Å². The average molecular weight is 570 g/mol. The van der Waals surface area contributed by atoms with Crippen LogP contribution in [0.3, 0.4) is 0 Å². The predicted octanol–water partition coefficient (Wildman–Crippen LogP) is 5.98. The molecule has 1 aliphatic rings. The number of hydrogen-bond donors (Lipinski definition) is 1. The van der Waals surface area contributed by atoms with Gasteiger partial charge in [-0.1, -0.05) is 18.2 Å². The van der Waals surface area contributed by atoms with E-state index in [0.717, 1.165) is 26.7 Å². The molecule has 0 saturated carbocycles. The second-order valence-corrected chi connectivity index (χ2v) is 12.3. The van der Waals surface area contributed by atoms with Crippen LogP contribution in [-0.2, 0) is 36.3 Å². The standard InChI is InChI=1S/C27H27F3O6S2/c1-26(35-17-5-18-36-26)20-8-12-23(13-9-20)37(22-6-3-2-4-7-22)24-14-10-21(11-15-24)34-19-16-25(28)27(29,30)38(31,32)33/h2-4,6-15,25H,5,16-19H2,1H3/p+1. The summed E-state index contributed by atoms with van der Waals surface area (Å²) in [5.41, 5.74) is 0.923. The zero-order chi connectivity index (χ0) is 27.4. The monoisotopic (exact) mass is 569 g/mol. The molecule has 4 rings (SSSR count). The summed E-state index contributed by atoms with van der Waals surface area (Å²) in [5.74, 6) is -0.479. The van der Waals surface area contributed by atoms with E-state index in [-0.39, 0.29) is 0 Å². The quantitative estimate of drug-likeness (QED) is 0.239. The van der Waals surface area contributed by atoms with E-state index in [9.17, 15) is 21.6 Å². The Hall–Kier alpha value is -2.57. The molecule has 1 saturated heterocycles. The van der Waals surface area contributed by atoms with Gasteiger partial charge >= 0.3 is 15.4 Å². The number of rotatable bonds is 10. The van der Waals surface area contributed by atoms with Gasteiger partial charge in [0.1, 0.15) is 5.75 Å². The van der Waals surface area contributed by atoms with Crippen molar-refractivity contribution in [3.63, 3.8) is 0 Å². The SMILES string of the molecule is CC1(c2ccc([S+](c3ccccc3)c3ccc(OCCC(F)C(F)(F)S(=O)(=O)O)cc3)cc2)OCCCO1. The molecule has 0 spiro atoms. The minimum Gasteiger partial charge on any atom is -0.493 e. The fourth-order valence-electron chi connectivity index (χ4n) is 3.94. The Morgan fingerprint density at radius 2 is 1.47 bits per heavy atom. The van der Waals surface area contributed by atoms with Crippen LogP contribution < -0.4 is 4.74 Å². The Morgan fingerprint density at radius 1 is 0.947 bits per heavy atom. The lowest BCUT2D eigenvalue weighted by Crippen LogP contribution is -2.39. The number of halogens is 3. The zero-order valence-corrected chi connectivity index (χ0v) is 22.2. The molecule has 2 atom stereocenters. The highest BCUT2D eigenvalue weighted by atomic mass is 32.2. The van der Waals surface area contributed by atoms with Crippen LogP contribution in [0.1, 0.15) is 25.3 Å². The van der Waals surface area contributed by atoms with E-state index in [1.54, 1.807) is 12.1 Å². The highest BCUT2D eigenvalue weighted by molar-refractivity contribution is 7.97. The maximum Gasteiger partial charge on any atom is 0.400 e. The molecule has 2 unspecified atom stereocenters. The molecule has 3 aromatic rings. The number of ether oxygens (including phenoxy) is 3. The van der Waals surface area contributed by atoms with Gasteiger partial charge in [-0.3, -0.25) is 4.55 Å². The first-order valence-corrected chi connectivity index (χ1v) is 14.6. The minimum atomic E-state index is -5.85. The van der Waals surface area contributed by atoms with Crippen LogP contribution in [0.5, 0.6) is 5.75 Å². The first-order valence-electron chi connectivity index (χ1n) is 11.9. The Balaban J connectivity index is 1.50. The molecule has 3 aromatic carbocycles. The molecule has 1 N–H and O–H groups in total. The van der Waals surface area contributed by atoms with Crippen LogP contribution >= 0.6 is 0 Å². The maximum atomic E-state index is 13.7. The maximum absolute atomic E-state index is 13.7. The van der Waals surface area contributed by atoms with Gasteiger partial charge in [0.2, 0.25) is 0 Å². The minimum absolute atomic E-state index is 0.308. The summed E-state index contributed by atoms with van der Waals surface area (Å²) >= 11 is 0. The van der Waals surface area contributed by atoms with Crippen LogP contribution in [0.25, 0.3) is 0 Å². The van der Waals surface area contributed by atoms with Crippen molar-refractivity contribution in [3.05, 3.63) is 84.4 Å². The zero-order valence-electron chi connectivity index (χ0n) is 20.6. The highest BCUT2D eigenvalue weighted by Gasteiger charge is 2.52. The van der Waals surface area contributed by atoms with E-state index >= 15 is 0 Å². The molecule has 6 nitrogen and oxygen atoms in total. The largest absolute Gasteiger partial charge is 0.493 e. The Kier molecular flexibility index (Phi) is 8.73. The first kappa shape index (κ1) is 28.4. The molecule has 11 heteroatoms. The lowest BCUT2D eigenvalue weighted by molar-refractivity contribution is -0.264. The molecular formula is C27H28F3O6S2+. The molecule has 0 radical (unpaired) electrons. The van der Waals surface area contributed by atoms with Crippen LogP contribution in [-0.4, -0.2) is 44.2 Å².